The Kier molecular flexibility index (Phi) is 3.90. The highest BCUT2D eigenvalue weighted by Gasteiger charge is 2.29. The zero-order valence-electron chi connectivity index (χ0n) is 12.1. The summed E-state index contributed by atoms with van der Waals surface area (Å²) < 4.78 is 19.1. The van der Waals surface area contributed by atoms with E-state index in [1.807, 2.05) is 24.3 Å². The highest BCUT2D eigenvalue weighted by molar-refractivity contribution is 5.41. The van der Waals surface area contributed by atoms with Crippen molar-refractivity contribution in [1.29, 1.82) is 0 Å². The van der Waals surface area contributed by atoms with E-state index in [0.29, 0.717) is 18.7 Å². The lowest BCUT2D eigenvalue weighted by Crippen LogP contribution is -2.27. The zero-order chi connectivity index (χ0) is 14.8. The Balaban J connectivity index is 1.87. The van der Waals surface area contributed by atoms with E-state index in [0.717, 1.165) is 12.3 Å². The highest BCUT2D eigenvalue weighted by atomic mass is 19.1. The molecule has 2 aromatic rings. The zero-order valence-corrected chi connectivity index (χ0v) is 12.1. The van der Waals surface area contributed by atoms with E-state index < -0.39 is 0 Å². The first kappa shape index (κ1) is 14.0. The normalized spacial score (nSPS) is 17.8. The fraction of sp³-hybridized carbons (Fsp3) is 0.294. The molecule has 2 N–H and O–H groups in total. The van der Waals surface area contributed by atoms with Gasteiger partial charge < -0.3 is 10.5 Å². The van der Waals surface area contributed by atoms with Gasteiger partial charge in [0.15, 0.2) is 0 Å². The van der Waals surface area contributed by atoms with Crippen LogP contribution in [0.15, 0.2) is 42.5 Å². The number of rotatable bonds is 4. The third kappa shape index (κ3) is 2.64. The smallest absolute Gasteiger partial charge is 0.127 e. The van der Waals surface area contributed by atoms with Crippen molar-refractivity contribution in [3.05, 3.63) is 65.0 Å². The molecule has 0 saturated carbocycles. The molecule has 0 radical (unpaired) electrons. The topological polar surface area (TPSA) is 38.5 Å². The van der Waals surface area contributed by atoms with Crippen LogP contribution in [-0.2, 0) is 13.1 Å². The second kappa shape index (κ2) is 5.84. The second-order valence-corrected chi connectivity index (χ2v) is 5.31. The molecule has 1 aliphatic heterocycles. The monoisotopic (exact) mass is 286 g/mol. The summed E-state index contributed by atoms with van der Waals surface area (Å²) in [6.07, 6.45) is 0. The van der Waals surface area contributed by atoms with Gasteiger partial charge in [-0.1, -0.05) is 24.3 Å². The maximum absolute atomic E-state index is 13.8. The largest absolute Gasteiger partial charge is 0.497 e. The summed E-state index contributed by atoms with van der Waals surface area (Å²) in [6.45, 7) is 1.86. The van der Waals surface area contributed by atoms with E-state index in [1.165, 1.54) is 17.2 Å². The van der Waals surface area contributed by atoms with E-state index in [1.54, 1.807) is 13.2 Å². The molecule has 1 aliphatic rings. The number of benzene rings is 2. The van der Waals surface area contributed by atoms with Crippen LogP contribution in [0.2, 0.25) is 0 Å². The minimum absolute atomic E-state index is 0.106. The number of hydrogen-bond acceptors (Lipinski definition) is 3. The predicted molar refractivity (Wildman–Crippen MR) is 80.4 cm³/mol. The van der Waals surface area contributed by atoms with Crippen molar-refractivity contribution in [2.75, 3.05) is 13.7 Å². The summed E-state index contributed by atoms with van der Waals surface area (Å²) in [4.78, 5) is 2.21. The predicted octanol–water partition coefficient (Wildman–Crippen LogP) is 2.85. The van der Waals surface area contributed by atoms with Crippen molar-refractivity contribution in [2.45, 2.75) is 19.1 Å². The Labute approximate surface area is 124 Å². The molecule has 0 aliphatic carbocycles. The van der Waals surface area contributed by atoms with Crippen LogP contribution in [0, 0.1) is 5.82 Å². The van der Waals surface area contributed by atoms with Gasteiger partial charge in [0.1, 0.15) is 11.6 Å². The number of halogens is 1. The number of hydrogen-bond donors (Lipinski definition) is 1. The second-order valence-electron chi connectivity index (χ2n) is 5.31. The van der Waals surface area contributed by atoms with Crippen molar-refractivity contribution in [3.8, 4) is 5.75 Å². The van der Waals surface area contributed by atoms with E-state index in [4.69, 9.17) is 10.5 Å². The first-order chi connectivity index (χ1) is 10.2. The van der Waals surface area contributed by atoms with Crippen molar-refractivity contribution < 1.29 is 9.13 Å². The average Bonchev–Trinajstić information content (AvgIpc) is 2.85. The lowest BCUT2D eigenvalue weighted by molar-refractivity contribution is 0.208. The SMILES string of the molecule is COc1ccc2c(c1)C(CN)N(Cc1ccccc1F)C2. The fourth-order valence-electron chi connectivity index (χ4n) is 2.97. The molecule has 0 saturated heterocycles. The highest BCUT2D eigenvalue weighted by Crippen LogP contribution is 2.36. The van der Waals surface area contributed by atoms with Gasteiger partial charge in [0, 0.05) is 31.2 Å². The third-order valence-corrected chi connectivity index (χ3v) is 4.08. The summed E-state index contributed by atoms with van der Waals surface area (Å²) in [6, 6.07) is 13.1. The van der Waals surface area contributed by atoms with Gasteiger partial charge >= 0.3 is 0 Å². The molecule has 0 fully saturated rings. The molecule has 110 valence electrons. The molecule has 1 atom stereocenters. The van der Waals surface area contributed by atoms with Gasteiger partial charge in [-0.15, -0.1) is 0 Å². The standard InChI is InChI=1S/C17H19FN2O/c1-21-14-7-6-12-10-20(17(9-19)15(12)8-14)11-13-4-2-3-5-16(13)18/h2-8,17H,9-11,19H2,1H3. The van der Waals surface area contributed by atoms with Crippen LogP contribution in [0.4, 0.5) is 4.39 Å². The van der Waals surface area contributed by atoms with Crippen molar-refractivity contribution in [1.82, 2.24) is 4.90 Å². The number of nitrogens with two attached hydrogens (primary N) is 1. The van der Waals surface area contributed by atoms with Crippen LogP contribution in [0.3, 0.4) is 0 Å². The number of nitrogens with zero attached hydrogens (tertiary/aromatic N) is 1. The summed E-state index contributed by atoms with van der Waals surface area (Å²) in [5, 5.41) is 0. The van der Waals surface area contributed by atoms with E-state index >= 15 is 0 Å². The van der Waals surface area contributed by atoms with Gasteiger partial charge in [0.25, 0.3) is 0 Å². The number of methoxy groups -OCH3 is 1. The van der Waals surface area contributed by atoms with Crippen LogP contribution < -0.4 is 10.5 Å². The molecule has 1 heterocycles. The minimum Gasteiger partial charge on any atom is -0.497 e. The van der Waals surface area contributed by atoms with Gasteiger partial charge in [0.2, 0.25) is 0 Å². The quantitative estimate of drug-likeness (QED) is 0.939. The van der Waals surface area contributed by atoms with Gasteiger partial charge in [-0.25, -0.2) is 4.39 Å². The van der Waals surface area contributed by atoms with E-state index in [2.05, 4.69) is 11.0 Å². The summed E-state index contributed by atoms with van der Waals surface area (Å²) >= 11 is 0. The molecule has 0 spiro atoms. The maximum Gasteiger partial charge on any atom is 0.127 e. The molecule has 3 nitrogen and oxygen atoms in total. The van der Waals surface area contributed by atoms with E-state index in [9.17, 15) is 4.39 Å². The minimum atomic E-state index is -0.165. The molecule has 1 unspecified atom stereocenters. The Bertz CT molecular complexity index is 644. The van der Waals surface area contributed by atoms with Crippen LogP contribution in [0.25, 0.3) is 0 Å². The lowest BCUT2D eigenvalue weighted by Gasteiger charge is -2.24. The Morgan fingerprint density at radius 1 is 1.29 bits per heavy atom. The first-order valence-electron chi connectivity index (χ1n) is 7.07. The van der Waals surface area contributed by atoms with Gasteiger partial charge in [-0.2, -0.15) is 0 Å². The molecule has 0 bridgehead atoms. The summed E-state index contributed by atoms with van der Waals surface area (Å²) in [5.41, 5.74) is 9.08. The van der Waals surface area contributed by atoms with Gasteiger partial charge in [-0.3, -0.25) is 4.90 Å². The van der Waals surface area contributed by atoms with Crippen LogP contribution in [0.5, 0.6) is 5.75 Å². The first-order valence-corrected chi connectivity index (χ1v) is 7.07. The molecule has 0 amide bonds. The molecule has 21 heavy (non-hydrogen) atoms. The number of fused-ring (bicyclic) bond motifs is 1. The lowest BCUT2D eigenvalue weighted by atomic mass is 10.0. The van der Waals surface area contributed by atoms with Gasteiger partial charge in [-0.05, 0) is 29.3 Å². The van der Waals surface area contributed by atoms with Crippen molar-refractivity contribution in [2.24, 2.45) is 5.73 Å². The summed E-state index contributed by atoms with van der Waals surface area (Å²) in [5.74, 6) is 0.668. The Hall–Kier alpha value is -1.91. The Morgan fingerprint density at radius 2 is 2.10 bits per heavy atom. The third-order valence-electron chi connectivity index (χ3n) is 4.08. The molecular weight excluding hydrogens is 267 g/mol. The maximum atomic E-state index is 13.8. The average molecular weight is 286 g/mol. The molecule has 0 aromatic heterocycles. The van der Waals surface area contributed by atoms with Crippen LogP contribution >= 0.6 is 0 Å². The van der Waals surface area contributed by atoms with Crippen LogP contribution in [-0.4, -0.2) is 18.6 Å². The summed E-state index contributed by atoms with van der Waals surface area (Å²) in [7, 11) is 1.66. The Morgan fingerprint density at radius 3 is 2.81 bits per heavy atom. The molecule has 2 aromatic carbocycles. The van der Waals surface area contributed by atoms with Crippen molar-refractivity contribution in [3.63, 3.8) is 0 Å². The molecular formula is C17H19FN2O. The van der Waals surface area contributed by atoms with Crippen LogP contribution in [0.1, 0.15) is 22.7 Å². The van der Waals surface area contributed by atoms with Gasteiger partial charge in [0.05, 0.1) is 7.11 Å². The van der Waals surface area contributed by atoms with Crippen molar-refractivity contribution >= 4 is 0 Å². The number of ether oxygens (including phenoxy) is 1. The fourth-order valence-corrected chi connectivity index (χ4v) is 2.97. The molecule has 4 heteroatoms. The van der Waals surface area contributed by atoms with E-state index in [-0.39, 0.29) is 11.9 Å². The molecule has 3 rings (SSSR count).